The number of hydrogen-bond acceptors (Lipinski definition) is 1. The fraction of sp³-hybridized carbons (Fsp3) is 0.0833. The molecule has 0 atom stereocenters. The second kappa shape index (κ2) is 3.97. The molecule has 0 N–H and O–H groups in total. The Balaban J connectivity index is 2.26. The van der Waals surface area contributed by atoms with E-state index in [0.29, 0.717) is 5.82 Å². The molecule has 2 nitrogen and oxygen atoms in total. The summed E-state index contributed by atoms with van der Waals surface area (Å²) in [4.78, 5) is 4.06. The Kier molecular flexibility index (Phi) is 2.51. The number of halogens is 1. The van der Waals surface area contributed by atoms with Gasteiger partial charge in [-0.3, -0.25) is 0 Å². The third kappa shape index (κ3) is 2.23. The van der Waals surface area contributed by atoms with Gasteiger partial charge < -0.3 is 4.57 Å². The van der Waals surface area contributed by atoms with Crippen molar-refractivity contribution in [3.63, 3.8) is 0 Å². The Morgan fingerprint density at radius 3 is 2.53 bits per heavy atom. The van der Waals surface area contributed by atoms with Crippen LogP contribution in [-0.4, -0.2) is 9.55 Å². The van der Waals surface area contributed by atoms with Crippen LogP contribution in [0.1, 0.15) is 11.4 Å². The van der Waals surface area contributed by atoms with Crippen LogP contribution < -0.4 is 0 Å². The van der Waals surface area contributed by atoms with E-state index in [9.17, 15) is 4.39 Å². The minimum atomic E-state index is -0.252. The van der Waals surface area contributed by atoms with Crippen LogP contribution in [0.15, 0.2) is 36.7 Å². The summed E-state index contributed by atoms with van der Waals surface area (Å²) in [7, 11) is 1.88. The molecule has 74 valence electrons. The van der Waals surface area contributed by atoms with Crippen LogP contribution in [0.25, 0.3) is 0 Å². The Labute approximate surface area is 87.4 Å². The monoisotopic (exact) mass is 200 g/mol. The van der Waals surface area contributed by atoms with Crippen LogP contribution in [0.2, 0.25) is 0 Å². The molecule has 0 aliphatic carbocycles. The Morgan fingerprint density at radius 2 is 1.93 bits per heavy atom. The van der Waals surface area contributed by atoms with Crippen LogP contribution in [-0.2, 0) is 7.05 Å². The van der Waals surface area contributed by atoms with Crippen molar-refractivity contribution in [3.05, 3.63) is 53.9 Å². The summed E-state index contributed by atoms with van der Waals surface area (Å²) >= 11 is 0. The van der Waals surface area contributed by atoms with Gasteiger partial charge in [-0.25, -0.2) is 9.37 Å². The normalized spacial score (nSPS) is 9.47. The zero-order valence-electron chi connectivity index (χ0n) is 8.24. The van der Waals surface area contributed by atoms with Crippen LogP contribution >= 0.6 is 0 Å². The number of rotatable bonds is 0. The highest BCUT2D eigenvalue weighted by Gasteiger charge is 1.92. The molecule has 0 amide bonds. The zero-order chi connectivity index (χ0) is 10.7. The minimum Gasteiger partial charge on any atom is -0.327 e. The summed E-state index contributed by atoms with van der Waals surface area (Å²) in [6, 6.07) is 6.07. The summed E-state index contributed by atoms with van der Waals surface area (Å²) in [5.41, 5.74) is 0.777. The second-order valence-corrected chi connectivity index (χ2v) is 3.12. The van der Waals surface area contributed by atoms with E-state index in [-0.39, 0.29) is 5.82 Å². The van der Waals surface area contributed by atoms with Crippen LogP contribution in [0.5, 0.6) is 0 Å². The molecule has 0 radical (unpaired) electrons. The van der Waals surface area contributed by atoms with Crippen molar-refractivity contribution in [2.75, 3.05) is 0 Å². The van der Waals surface area contributed by atoms with Gasteiger partial charge in [0.2, 0.25) is 0 Å². The highest BCUT2D eigenvalue weighted by Crippen LogP contribution is 2.01. The lowest BCUT2D eigenvalue weighted by atomic mass is 10.2. The van der Waals surface area contributed by atoms with Gasteiger partial charge in [-0.2, -0.15) is 0 Å². The van der Waals surface area contributed by atoms with Crippen molar-refractivity contribution >= 4 is 0 Å². The molecule has 2 rings (SSSR count). The van der Waals surface area contributed by atoms with Crippen molar-refractivity contribution < 1.29 is 4.39 Å². The quantitative estimate of drug-likeness (QED) is 0.594. The van der Waals surface area contributed by atoms with E-state index in [1.165, 1.54) is 12.1 Å². The summed E-state index contributed by atoms with van der Waals surface area (Å²) in [5, 5.41) is 0. The first-order valence-electron chi connectivity index (χ1n) is 4.50. The van der Waals surface area contributed by atoms with E-state index >= 15 is 0 Å². The lowest BCUT2D eigenvalue weighted by Gasteiger charge is -1.91. The van der Waals surface area contributed by atoms with Gasteiger partial charge in [0, 0.05) is 25.0 Å². The third-order valence-electron chi connectivity index (χ3n) is 1.98. The molecule has 0 unspecified atom stereocenters. The van der Waals surface area contributed by atoms with Crippen LogP contribution in [0, 0.1) is 17.7 Å². The van der Waals surface area contributed by atoms with E-state index in [4.69, 9.17) is 0 Å². The average molecular weight is 200 g/mol. The molecule has 0 bridgehead atoms. The maximum absolute atomic E-state index is 12.6. The lowest BCUT2D eigenvalue weighted by Crippen LogP contribution is -1.90. The molecule has 0 saturated carbocycles. The molecule has 0 saturated heterocycles. The lowest BCUT2D eigenvalue weighted by molar-refractivity contribution is 0.627. The second-order valence-electron chi connectivity index (χ2n) is 3.12. The van der Waals surface area contributed by atoms with E-state index in [2.05, 4.69) is 16.8 Å². The molecule has 1 heterocycles. The maximum atomic E-state index is 12.6. The summed E-state index contributed by atoms with van der Waals surface area (Å²) in [5.74, 6) is 6.26. The van der Waals surface area contributed by atoms with Crippen LogP contribution in [0.3, 0.4) is 0 Å². The highest BCUT2D eigenvalue weighted by molar-refractivity contribution is 5.38. The smallest absolute Gasteiger partial charge is 0.185 e. The summed E-state index contributed by atoms with van der Waals surface area (Å²) in [6.45, 7) is 0. The van der Waals surface area contributed by atoms with Gasteiger partial charge in [0.25, 0.3) is 0 Å². The zero-order valence-corrected chi connectivity index (χ0v) is 8.24. The molecule has 1 aromatic carbocycles. The number of imidazole rings is 1. The molecular weight excluding hydrogens is 191 g/mol. The van der Waals surface area contributed by atoms with Gasteiger partial charge in [-0.1, -0.05) is 5.92 Å². The van der Waals surface area contributed by atoms with Gasteiger partial charge in [0.1, 0.15) is 5.82 Å². The number of hydrogen-bond donors (Lipinski definition) is 0. The maximum Gasteiger partial charge on any atom is 0.185 e. The van der Waals surface area contributed by atoms with Crippen LogP contribution in [0.4, 0.5) is 4.39 Å². The fourth-order valence-electron chi connectivity index (χ4n) is 1.15. The first-order chi connectivity index (χ1) is 7.25. The molecule has 0 aliphatic heterocycles. The van der Waals surface area contributed by atoms with Crippen molar-refractivity contribution in [2.45, 2.75) is 0 Å². The molecule has 1 aromatic heterocycles. The molecule has 0 spiro atoms. The number of aryl methyl sites for hydroxylation is 1. The van der Waals surface area contributed by atoms with E-state index in [1.807, 2.05) is 17.8 Å². The van der Waals surface area contributed by atoms with E-state index in [1.54, 1.807) is 18.3 Å². The summed E-state index contributed by atoms with van der Waals surface area (Å²) < 4.78 is 14.4. The Bertz CT molecular complexity index is 515. The fourth-order valence-corrected chi connectivity index (χ4v) is 1.15. The molecular formula is C12H9FN2. The predicted octanol–water partition coefficient (Wildman–Crippen LogP) is 1.96. The SMILES string of the molecule is Cn1ccnc1C#Cc1ccc(F)cc1. The average Bonchev–Trinajstić information content (AvgIpc) is 2.63. The Morgan fingerprint density at radius 1 is 1.20 bits per heavy atom. The van der Waals surface area contributed by atoms with Gasteiger partial charge in [-0.15, -0.1) is 0 Å². The number of aromatic nitrogens is 2. The third-order valence-corrected chi connectivity index (χ3v) is 1.98. The van der Waals surface area contributed by atoms with Gasteiger partial charge >= 0.3 is 0 Å². The van der Waals surface area contributed by atoms with Gasteiger partial charge in [-0.05, 0) is 30.2 Å². The molecule has 3 heteroatoms. The van der Waals surface area contributed by atoms with Crippen molar-refractivity contribution in [1.29, 1.82) is 0 Å². The molecule has 15 heavy (non-hydrogen) atoms. The largest absolute Gasteiger partial charge is 0.327 e. The topological polar surface area (TPSA) is 17.8 Å². The molecule has 0 fully saturated rings. The first kappa shape index (κ1) is 9.47. The minimum absolute atomic E-state index is 0.252. The summed E-state index contributed by atoms with van der Waals surface area (Å²) in [6.07, 6.45) is 3.52. The van der Waals surface area contributed by atoms with E-state index in [0.717, 1.165) is 5.56 Å². The van der Waals surface area contributed by atoms with Gasteiger partial charge in [0.15, 0.2) is 5.82 Å². The van der Waals surface area contributed by atoms with Crippen molar-refractivity contribution in [3.8, 4) is 11.8 Å². The highest BCUT2D eigenvalue weighted by atomic mass is 19.1. The standard InChI is InChI=1S/C12H9FN2/c1-15-9-8-14-12(15)7-4-10-2-5-11(13)6-3-10/h2-3,5-6,8-9H,1H3. The van der Waals surface area contributed by atoms with E-state index < -0.39 is 0 Å². The first-order valence-corrected chi connectivity index (χ1v) is 4.50. The molecule has 2 aromatic rings. The van der Waals surface area contributed by atoms with Gasteiger partial charge in [0.05, 0.1) is 0 Å². The Hall–Kier alpha value is -2.08. The molecule has 0 aliphatic rings. The predicted molar refractivity (Wildman–Crippen MR) is 55.6 cm³/mol. The van der Waals surface area contributed by atoms with Crippen molar-refractivity contribution in [2.24, 2.45) is 7.05 Å². The number of benzene rings is 1. The van der Waals surface area contributed by atoms with Crippen molar-refractivity contribution in [1.82, 2.24) is 9.55 Å². The number of nitrogens with zero attached hydrogens (tertiary/aromatic N) is 2.